The maximum absolute atomic E-state index is 9.72. The number of hydrogen-bond donors (Lipinski definition) is 1. The monoisotopic (exact) mass is 549 g/mol. The third kappa shape index (κ3) is 5.41. The standard InChI is InChI=1S/C32H35N7O2/c1-32(2)12-22(8-9-41-32)24-10-28(31(37-17-24)25(13-33)14-34)23-5-6-29(35-16-23)38-19-26-11-27(20-38)39(26)18-21-4-7-30(40-3)36-15-21/h4-8,10,13,15-17,26-27H,9,11-12,18-20,33H2,1-3H3. The fourth-order valence-corrected chi connectivity index (χ4v) is 6.11. The third-order valence-corrected chi connectivity index (χ3v) is 8.32. The zero-order chi connectivity index (χ0) is 28.6. The zero-order valence-electron chi connectivity index (χ0n) is 23.7. The molecule has 2 unspecified atom stereocenters. The molecule has 9 nitrogen and oxygen atoms in total. The van der Waals surface area contributed by atoms with E-state index in [1.807, 2.05) is 24.7 Å². The second kappa shape index (κ2) is 11.0. The molecule has 4 aliphatic rings. The molecule has 9 heteroatoms. The van der Waals surface area contributed by atoms with Crippen LogP contribution < -0.4 is 15.4 Å². The maximum atomic E-state index is 9.72. The number of nitrogens with zero attached hydrogens (tertiary/aromatic N) is 6. The Balaban J connectivity index is 1.20. The van der Waals surface area contributed by atoms with Crippen molar-refractivity contribution in [1.29, 1.82) is 5.26 Å². The average molecular weight is 550 g/mol. The van der Waals surface area contributed by atoms with Gasteiger partial charge in [-0.25, -0.2) is 9.97 Å². The van der Waals surface area contributed by atoms with Gasteiger partial charge in [0.2, 0.25) is 5.88 Å². The van der Waals surface area contributed by atoms with Crippen LogP contribution in [0.3, 0.4) is 0 Å². The normalized spacial score (nSPS) is 22.0. The van der Waals surface area contributed by atoms with E-state index < -0.39 is 0 Å². The van der Waals surface area contributed by atoms with Crippen molar-refractivity contribution in [3.8, 4) is 23.1 Å². The summed E-state index contributed by atoms with van der Waals surface area (Å²) in [6.07, 6.45) is 11.0. The van der Waals surface area contributed by atoms with Gasteiger partial charge in [-0.1, -0.05) is 12.1 Å². The largest absolute Gasteiger partial charge is 0.481 e. The molecule has 41 heavy (non-hydrogen) atoms. The number of ether oxygens (including phenoxy) is 2. The topological polar surface area (TPSA) is 113 Å². The van der Waals surface area contributed by atoms with Crippen LogP contribution in [0, 0.1) is 11.3 Å². The van der Waals surface area contributed by atoms with Gasteiger partial charge in [-0.05, 0) is 55.2 Å². The van der Waals surface area contributed by atoms with Gasteiger partial charge in [0, 0.05) is 80.1 Å². The van der Waals surface area contributed by atoms with Crippen LogP contribution in [0.2, 0.25) is 0 Å². The lowest BCUT2D eigenvalue weighted by Crippen LogP contribution is -2.68. The molecular weight excluding hydrogens is 514 g/mol. The summed E-state index contributed by atoms with van der Waals surface area (Å²) in [6, 6.07) is 13.4. The summed E-state index contributed by atoms with van der Waals surface area (Å²) in [5.74, 6) is 1.60. The van der Waals surface area contributed by atoms with Crippen molar-refractivity contribution in [2.75, 3.05) is 31.7 Å². The molecule has 0 saturated carbocycles. The van der Waals surface area contributed by atoms with Crippen molar-refractivity contribution in [2.45, 2.75) is 50.9 Å². The lowest BCUT2D eigenvalue weighted by atomic mass is 9.87. The number of fused-ring (bicyclic) bond motifs is 2. The number of methoxy groups -OCH3 is 1. The van der Waals surface area contributed by atoms with Gasteiger partial charge in [0.25, 0.3) is 0 Å². The number of piperidine rings is 1. The number of hydrogen-bond acceptors (Lipinski definition) is 9. The number of nitrogens with two attached hydrogens (primary N) is 1. The predicted molar refractivity (Wildman–Crippen MR) is 159 cm³/mol. The Morgan fingerprint density at radius 2 is 1.93 bits per heavy atom. The van der Waals surface area contributed by atoms with Gasteiger partial charge in [0.1, 0.15) is 11.9 Å². The van der Waals surface area contributed by atoms with E-state index in [4.69, 9.17) is 25.2 Å². The molecule has 2 bridgehead atoms. The molecule has 2 N–H and O–H groups in total. The Morgan fingerprint density at radius 1 is 1.12 bits per heavy atom. The van der Waals surface area contributed by atoms with Crippen LogP contribution in [0.15, 0.2) is 61.2 Å². The number of pyridine rings is 3. The van der Waals surface area contributed by atoms with Gasteiger partial charge < -0.3 is 20.1 Å². The summed E-state index contributed by atoms with van der Waals surface area (Å²) < 4.78 is 11.1. The number of aromatic nitrogens is 3. The number of nitriles is 1. The highest BCUT2D eigenvalue weighted by atomic mass is 16.5. The Hall–Kier alpha value is -4.26. The predicted octanol–water partition coefficient (Wildman–Crippen LogP) is 4.42. The summed E-state index contributed by atoms with van der Waals surface area (Å²) in [4.78, 5) is 18.8. The Labute approximate surface area is 240 Å². The van der Waals surface area contributed by atoms with Crippen molar-refractivity contribution in [2.24, 2.45) is 5.73 Å². The van der Waals surface area contributed by atoms with Crippen LogP contribution in [0.1, 0.15) is 43.5 Å². The first-order chi connectivity index (χ1) is 19.9. The lowest BCUT2D eigenvalue weighted by molar-refractivity contribution is -0.00877. The number of rotatable bonds is 7. The van der Waals surface area contributed by atoms with E-state index >= 15 is 0 Å². The quantitative estimate of drug-likeness (QED) is 0.428. The summed E-state index contributed by atoms with van der Waals surface area (Å²) in [5, 5.41) is 9.72. The molecule has 3 aromatic rings. The minimum atomic E-state index is -0.239. The Bertz CT molecular complexity index is 1510. The molecular formula is C32H35N7O2. The first-order valence-corrected chi connectivity index (χ1v) is 14.0. The first kappa shape index (κ1) is 26.9. The van der Waals surface area contributed by atoms with E-state index in [1.54, 1.807) is 7.11 Å². The van der Waals surface area contributed by atoms with Crippen LogP contribution in [-0.4, -0.2) is 64.3 Å². The molecule has 7 rings (SSSR count). The van der Waals surface area contributed by atoms with Gasteiger partial charge in [-0.3, -0.25) is 9.88 Å². The maximum Gasteiger partial charge on any atom is 0.212 e. The Morgan fingerprint density at radius 3 is 2.56 bits per heavy atom. The highest BCUT2D eigenvalue weighted by Gasteiger charge is 2.44. The van der Waals surface area contributed by atoms with Crippen molar-refractivity contribution < 1.29 is 9.47 Å². The van der Waals surface area contributed by atoms with Crippen molar-refractivity contribution >= 4 is 17.0 Å². The van der Waals surface area contributed by atoms with Crippen molar-refractivity contribution in [3.63, 3.8) is 0 Å². The van der Waals surface area contributed by atoms with E-state index in [2.05, 4.69) is 65.0 Å². The molecule has 0 aliphatic carbocycles. The molecule has 4 aliphatic heterocycles. The molecule has 0 radical (unpaired) electrons. The van der Waals surface area contributed by atoms with Crippen LogP contribution >= 0.6 is 0 Å². The summed E-state index contributed by atoms with van der Waals surface area (Å²) in [7, 11) is 1.64. The fraction of sp³-hybridized carbons (Fsp3) is 0.375. The molecule has 3 aromatic heterocycles. The van der Waals surface area contributed by atoms with Gasteiger partial charge >= 0.3 is 0 Å². The minimum absolute atomic E-state index is 0.239. The first-order valence-electron chi connectivity index (χ1n) is 14.0. The number of piperazine rings is 1. The second-order valence-corrected chi connectivity index (χ2v) is 11.5. The highest BCUT2D eigenvalue weighted by molar-refractivity contribution is 5.86. The second-order valence-electron chi connectivity index (χ2n) is 11.5. The number of allylic oxidation sites excluding steroid dienone is 1. The number of anilines is 1. The van der Waals surface area contributed by atoms with Crippen LogP contribution in [-0.2, 0) is 11.3 Å². The van der Waals surface area contributed by atoms with Gasteiger partial charge in [-0.15, -0.1) is 0 Å². The smallest absolute Gasteiger partial charge is 0.212 e. The fourth-order valence-electron chi connectivity index (χ4n) is 6.11. The summed E-state index contributed by atoms with van der Waals surface area (Å²) >= 11 is 0. The average Bonchev–Trinajstić information content (AvgIpc) is 3.00. The van der Waals surface area contributed by atoms with E-state index in [1.165, 1.54) is 23.8 Å². The van der Waals surface area contributed by atoms with Gasteiger partial charge in [-0.2, -0.15) is 5.26 Å². The summed E-state index contributed by atoms with van der Waals surface area (Å²) in [6.45, 7) is 7.53. The zero-order valence-corrected chi connectivity index (χ0v) is 23.7. The molecule has 3 saturated heterocycles. The Kier molecular flexibility index (Phi) is 7.20. The van der Waals surface area contributed by atoms with Gasteiger partial charge in [0.05, 0.1) is 30.6 Å². The van der Waals surface area contributed by atoms with E-state index in [-0.39, 0.29) is 5.60 Å². The van der Waals surface area contributed by atoms with Crippen molar-refractivity contribution in [1.82, 2.24) is 19.9 Å². The van der Waals surface area contributed by atoms with Crippen LogP contribution in [0.25, 0.3) is 22.3 Å². The van der Waals surface area contributed by atoms with Crippen molar-refractivity contribution in [3.05, 3.63) is 78.0 Å². The minimum Gasteiger partial charge on any atom is -0.481 e. The van der Waals surface area contributed by atoms with Gasteiger partial charge in [0.15, 0.2) is 0 Å². The molecule has 7 heterocycles. The molecule has 3 fully saturated rings. The molecule has 210 valence electrons. The molecule has 2 atom stereocenters. The van der Waals surface area contributed by atoms with E-state index in [0.29, 0.717) is 35.8 Å². The van der Waals surface area contributed by atoms with E-state index in [0.717, 1.165) is 48.6 Å². The van der Waals surface area contributed by atoms with Crippen LogP contribution in [0.4, 0.5) is 5.82 Å². The van der Waals surface area contributed by atoms with E-state index in [9.17, 15) is 5.26 Å². The molecule has 0 spiro atoms. The summed E-state index contributed by atoms with van der Waals surface area (Å²) in [5.41, 5.74) is 11.6. The molecule has 0 aromatic carbocycles. The van der Waals surface area contributed by atoms with Crippen LogP contribution in [0.5, 0.6) is 5.88 Å². The highest BCUT2D eigenvalue weighted by Crippen LogP contribution is 2.37. The SMILES string of the molecule is COc1ccc(CN2C3CC2CN(c2ccc(-c4cc(C5=CCOC(C)(C)C5)cnc4C(C#N)=CN)cn2)C3)cn1. The third-order valence-electron chi connectivity index (χ3n) is 8.32. The lowest BCUT2D eigenvalue weighted by Gasteiger charge is -2.56. The molecule has 0 amide bonds.